The smallest absolute Gasteiger partial charge is 0.329 e. The summed E-state index contributed by atoms with van der Waals surface area (Å²) in [6.45, 7) is 2.99. The zero-order valence-corrected chi connectivity index (χ0v) is 11.3. The van der Waals surface area contributed by atoms with Crippen molar-refractivity contribution in [3.05, 3.63) is 0 Å². The molecule has 0 aromatic rings. The highest BCUT2D eigenvalue weighted by Gasteiger charge is 2.36. The lowest BCUT2D eigenvalue weighted by atomic mass is 9.91. The molecule has 0 spiro atoms. The van der Waals surface area contributed by atoms with Crippen LogP contribution in [-0.4, -0.2) is 46.7 Å². The highest BCUT2D eigenvalue weighted by molar-refractivity contribution is 5.85. The fourth-order valence-corrected chi connectivity index (χ4v) is 1.99. The van der Waals surface area contributed by atoms with Crippen molar-refractivity contribution in [2.75, 3.05) is 7.05 Å². The number of amides is 2. The average molecular weight is 257 g/mol. The molecule has 18 heavy (non-hydrogen) atoms. The summed E-state index contributed by atoms with van der Waals surface area (Å²) < 4.78 is 0. The predicted octanol–water partition coefficient (Wildman–Crippen LogP) is 0.761. The molecule has 1 aliphatic carbocycles. The lowest BCUT2D eigenvalue weighted by Crippen LogP contribution is -2.58. The van der Waals surface area contributed by atoms with E-state index >= 15 is 0 Å². The molecule has 1 rings (SSSR count). The van der Waals surface area contributed by atoms with Gasteiger partial charge < -0.3 is 21.1 Å². The maximum absolute atomic E-state index is 12.0. The quantitative estimate of drug-likeness (QED) is 0.695. The van der Waals surface area contributed by atoms with Gasteiger partial charge in [0.05, 0.1) is 0 Å². The molecule has 2 atom stereocenters. The van der Waals surface area contributed by atoms with Crippen molar-refractivity contribution in [1.82, 2.24) is 10.2 Å². The number of hydrogen-bond donors (Lipinski definition) is 3. The summed E-state index contributed by atoms with van der Waals surface area (Å²) in [5, 5.41) is 11.9. The zero-order valence-electron chi connectivity index (χ0n) is 11.3. The standard InChI is InChI=1S/C12H23N3O3/c1-12(2,10(16)17)15(3)11(18)14-9-7-5-4-6-8(9)13/h8-9H,4-7,13H2,1-3H3,(H,14,18)(H,16,17). The monoisotopic (exact) mass is 257 g/mol. The third-order valence-corrected chi connectivity index (χ3v) is 3.79. The summed E-state index contributed by atoms with van der Waals surface area (Å²) in [7, 11) is 1.48. The summed E-state index contributed by atoms with van der Waals surface area (Å²) in [5.74, 6) is -1.03. The number of aliphatic carboxylic acids is 1. The van der Waals surface area contributed by atoms with Gasteiger partial charge in [0, 0.05) is 19.1 Å². The van der Waals surface area contributed by atoms with E-state index in [0.29, 0.717) is 0 Å². The third-order valence-electron chi connectivity index (χ3n) is 3.79. The Bertz CT molecular complexity index is 331. The number of hydrogen-bond acceptors (Lipinski definition) is 3. The van der Waals surface area contributed by atoms with Gasteiger partial charge in [0.15, 0.2) is 0 Å². The highest BCUT2D eigenvalue weighted by Crippen LogP contribution is 2.18. The fourth-order valence-electron chi connectivity index (χ4n) is 1.99. The molecule has 4 N–H and O–H groups in total. The largest absolute Gasteiger partial charge is 0.480 e. The van der Waals surface area contributed by atoms with Crippen molar-refractivity contribution in [1.29, 1.82) is 0 Å². The first-order valence-electron chi connectivity index (χ1n) is 6.30. The van der Waals surface area contributed by atoms with E-state index in [1.54, 1.807) is 0 Å². The Morgan fingerprint density at radius 2 is 1.89 bits per heavy atom. The second kappa shape index (κ2) is 5.56. The molecule has 0 radical (unpaired) electrons. The maximum atomic E-state index is 12.0. The summed E-state index contributed by atoms with van der Waals surface area (Å²) in [5.41, 5.74) is 4.71. The Balaban J connectivity index is 2.62. The van der Waals surface area contributed by atoms with Gasteiger partial charge in [0.1, 0.15) is 5.54 Å². The molecule has 104 valence electrons. The Labute approximate surface area is 108 Å². The first-order valence-corrected chi connectivity index (χ1v) is 6.30. The number of carboxylic acid groups (broad SMARTS) is 1. The fraction of sp³-hybridized carbons (Fsp3) is 0.833. The molecule has 2 amide bonds. The van der Waals surface area contributed by atoms with Crippen molar-refractivity contribution in [2.24, 2.45) is 5.73 Å². The minimum absolute atomic E-state index is 0.0379. The lowest BCUT2D eigenvalue weighted by molar-refractivity contribution is -0.146. The van der Waals surface area contributed by atoms with Gasteiger partial charge in [0.25, 0.3) is 0 Å². The second-order valence-corrected chi connectivity index (χ2v) is 5.43. The number of nitrogens with one attached hydrogen (secondary N) is 1. The van der Waals surface area contributed by atoms with Crippen molar-refractivity contribution in [3.63, 3.8) is 0 Å². The number of nitrogens with two attached hydrogens (primary N) is 1. The highest BCUT2D eigenvalue weighted by atomic mass is 16.4. The van der Waals surface area contributed by atoms with E-state index in [1.165, 1.54) is 25.8 Å². The van der Waals surface area contributed by atoms with Crippen molar-refractivity contribution in [2.45, 2.75) is 57.2 Å². The van der Waals surface area contributed by atoms with Gasteiger partial charge in [-0.2, -0.15) is 0 Å². The van der Waals surface area contributed by atoms with Crippen LogP contribution in [0.25, 0.3) is 0 Å². The SMILES string of the molecule is CN(C(=O)NC1CCCCC1N)C(C)(C)C(=O)O. The van der Waals surface area contributed by atoms with E-state index in [9.17, 15) is 9.59 Å². The van der Waals surface area contributed by atoms with Crippen LogP contribution in [0.3, 0.4) is 0 Å². The van der Waals surface area contributed by atoms with E-state index in [-0.39, 0.29) is 18.1 Å². The normalized spacial score (nSPS) is 24.4. The van der Waals surface area contributed by atoms with Gasteiger partial charge in [-0.3, -0.25) is 0 Å². The molecule has 6 nitrogen and oxygen atoms in total. The second-order valence-electron chi connectivity index (χ2n) is 5.43. The minimum Gasteiger partial charge on any atom is -0.480 e. The van der Waals surface area contributed by atoms with E-state index in [4.69, 9.17) is 10.8 Å². The molecule has 0 saturated heterocycles. The van der Waals surface area contributed by atoms with Crippen LogP contribution in [-0.2, 0) is 4.79 Å². The Kier molecular flexibility index (Phi) is 4.56. The molecule has 1 aliphatic rings. The van der Waals surface area contributed by atoms with Crippen LogP contribution in [0.1, 0.15) is 39.5 Å². The topological polar surface area (TPSA) is 95.7 Å². The van der Waals surface area contributed by atoms with Crippen LogP contribution >= 0.6 is 0 Å². The van der Waals surface area contributed by atoms with Gasteiger partial charge >= 0.3 is 12.0 Å². The van der Waals surface area contributed by atoms with E-state index in [1.807, 2.05) is 0 Å². The maximum Gasteiger partial charge on any atom is 0.329 e. The molecule has 0 aromatic heterocycles. The van der Waals surface area contributed by atoms with E-state index in [2.05, 4.69) is 5.32 Å². The van der Waals surface area contributed by atoms with E-state index in [0.717, 1.165) is 25.7 Å². The number of carbonyl (C=O) groups excluding carboxylic acids is 1. The summed E-state index contributed by atoms with van der Waals surface area (Å²) in [6.07, 6.45) is 3.89. The molecule has 0 heterocycles. The summed E-state index contributed by atoms with van der Waals surface area (Å²) in [6, 6.07) is -0.480. The number of rotatable bonds is 3. The zero-order chi connectivity index (χ0) is 13.9. The van der Waals surface area contributed by atoms with E-state index < -0.39 is 11.5 Å². The molecule has 0 aromatic carbocycles. The van der Waals surface area contributed by atoms with Crippen LogP contribution in [0.15, 0.2) is 0 Å². The van der Waals surface area contributed by atoms with Gasteiger partial charge in [-0.1, -0.05) is 12.8 Å². The number of likely N-dealkylation sites (N-methyl/N-ethyl adjacent to an activating group) is 1. The molecule has 0 bridgehead atoms. The predicted molar refractivity (Wildman–Crippen MR) is 68.2 cm³/mol. The molecular formula is C12H23N3O3. The number of carbonyl (C=O) groups is 2. The van der Waals surface area contributed by atoms with Crippen molar-refractivity contribution < 1.29 is 14.7 Å². The molecular weight excluding hydrogens is 234 g/mol. The Hall–Kier alpha value is -1.30. The van der Waals surface area contributed by atoms with Gasteiger partial charge in [-0.05, 0) is 26.7 Å². The molecule has 0 aliphatic heterocycles. The summed E-state index contributed by atoms with van der Waals surface area (Å²) >= 11 is 0. The third kappa shape index (κ3) is 3.13. The van der Waals surface area contributed by atoms with Crippen LogP contribution in [0.5, 0.6) is 0 Å². The molecule has 2 unspecified atom stereocenters. The van der Waals surface area contributed by atoms with Crippen LogP contribution in [0.2, 0.25) is 0 Å². The molecule has 1 saturated carbocycles. The number of urea groups is 1. The Morgan fingerprint density at radius 1 is 1.33 bits per heavy atom. The molecule has 6 heteroatoms. The van der Waals surface area contributed by atoms with Crippen molar-refractivity contribution >= 4 is 12.0 Å². The van der Waals surface area contributed by atoms with Crippen molar-refractivity contribution in [3.8, 4) is 0 Å². The average Bonchev–Trinajstić information content (AvgIpc) is 2.30. The first kappa shape index (κ1) is 14.8. The summed E-state index contributed by atoms with van der Waals surface area (Å²) in [4.78, 5) is 24.3. The number of carboxylic acids is 1. The first-order chi connectivity index (χ1) is 8.26. The van der Waals surface area contributed by atoms with Crippen LogP contribution in [0.4, 0.5) is 4.79 Å². The number of nitrogens with zero attached hydrogens (tertiary/aromatic N) is 1. The van der Waals surface area contributed by atoms with Gasteiger partial charge in [-0.25, -0.2) is 9.59 Å². The van der Waals surface area contributed by atoms with Gasteiger partial charge in [-0.15, -0.1) is 0 Å². The van der Waals surface area contributed by atoms with Crippen LogP contribution < -0.4 is 11.1 Å². The van der Waals surface area contributed by atoms with Crippen LogP contribution in [0, 0.1) is 0 Å². The Morgan fingerprint density at radius 3 is 2.39 bits per heavy atom. The lowest BCUT2D eigenvalue weighted by Gasteiger charge is -2.35. The van der Waals surface area contributed by atoms with Gasteiger partial charge in [0.2, 0.25) is 0 Å². The molecule has 1 fully saturated rings. The minimum atomic E-state index is -1.23.